The number of nitrogens with zero attached hydrogens (tertiary/aromatic N) is 1. The van der Waals surface area contributed by atoms with Crippen LogP contribution in [-0.4, -0.2) is 33.5 Å². The second-order valence-electron chi connectivity index (χ2n) is 6.52. The molecule has 1 aliphatic heterocycles. The van der Waals surface area contributed by atoms with Crippen LogP contribution in [0.4, 0.5) is 0 Å². The molecule has 27 heavy (non-hydrogen) atoms. The predicted molar refractivity (Wildman–Crippen MR) is 106 cm³/mol. The Morgan fingerprint density at radius 3 is 2.44 bits per heavy atom. The first-order valence-corrected chi connectivity index (χ1v) is 10.8. The number of sulfonamides is 1. The van der Waals surface area contributed by atoms with Gasteiger partial charge in [0.25, 0.3) is 0 Å². The van der Waals surface area contributed by atoms with E-state index in [0.29, 0.717) is 23.1 Å². The maximum absolute atomic E-state index is 13.5. The molecule has 146 valence electrons. The van der Waals surface area contributed by atoms with E-state index < -0.39 is 10.0 Å². The maximum Gasteiger partial charge on any atom is 0.243 e. The molecule has 1 aliphatic rings. The van der Waals surface area contributed by atoms with Crippen LogP contribution in [0.5, 0.6) is 11.5 Å². The van der Waals surface area contributed by atoms with Gasteiger partial charge in [0.05, 0.1) is 25.2 Å². The average molecular weight is 410 g/mol. The number of halogens is 1. The molecule has 0 amide bonds. The van der Waals surface area contributed by atoms with E-state index in [1.165, 1.54) is 20.3 Å². The molecule has 1 saturated heterocycles. The summed E-state index contributed by atoms with van der Waals surface area (Å²) in [6.45, 7) is 0.465. The van der Waals surface area contributed by atoms with E-state index in [9.17, 15) is 8.42 Å². The maximum atomic E-state index is 13.5. The minimum Gasteiger partial charge on any atom is -0.493 e. The molecular formula is C20H24ClNO4S. The Bertz CT molecular complexity index is 901. The number of rotatable bonds is 5. The summed E-state index contributed by atoms with van der Waals surface area (Å²) in [5, 5.41) is 0.594. The number of hydrogen-bond donors (Lipinski definition) is 0. The Hall–Kier alpha value is -1.76. The summed E-state index contributed by atoms with van der Waals surface area (Å²) < 4.78 is 39.1. The largest absolute Gasteiger partial charge is 0.493 e. The average Bonchev–Trinajstić information content (AvgIpc) is 2.94. The summed E-state index contributed by atoms with van der Waals surface area (Å²) >= 11 is 6.40. The lowest BCUT2D eigenvalue weighted by Gasteiger charge is -2.30. The van der Waals surface area contributed by atoms with Crippen molar-refractivity contribution in [2.45, 2.75) is 36.6 Å². The zero-order valence-electron chi connectivity index (χ0n) is 15.5. The van der Waals surface area contributed by atoms with Gasteiger partial charge in [-0.2, -0.15) is 4.31 Å². The van der Waals surface area contributed by atoms with E-state index in [1.807, 2.05) is 24.3 Å². The van der Waals surface area contributed by atoms with Gasteiger partial charge in [-0.1, -0.05) is 42.6 Å². The lowest BCUT2D eigenvalue weighted by molar-refractivity contribution is 0.328. The number of hydrogen-bond acceptors (Lipinski definition) is 4. The molecule has 3 rings (SSSR count). The fraction of sp³-hybridized carbons (Fsp3) is 0.400. The van der Waals surface area contributed by atoms with Gasteiger partial charge in [0.15, 0.2) is 11.5 Å². The third-order valence-corrected chi connectivity index (χ3v) is 7.18. The van der Waals surface area contributed by atoms with Crippen LogP contribution in [0.15, 0.2) is 47.4 Å². The van der Waals surface area contributed by atoms with E-state index in [1.54, 1.807) is 16.4 Å². The highest BCUT2D eigenvalue weighted by Crippen LogP contribution is 2.39. The monoisotopic (exact) mass is 409 g/mol. The SMILES string of the molecule is COc1ccc(S(=O)(=O)N2CCCCC[C@H]2c2ccccc2Cl)cc1OC. The quantitative estimate of drug-likeness (QED) is 0.720. The molecule has 0 spiro atoms. The van der Waals surface area contributed by atoms with Crippen molar-refractivity contribution in [1.29, 1.82) is 0 Å². The van der Waals surface area contributed by atoms with E-state index >= 15 is 0 Å². The van der Waals surface area contributed by atoms with Gasteiger partial charge in [0.1, 0.15) is 0 Å². The van der Waals surface area contributed by atoms with Crippen molar-refractivity contribution in [1.82, 2.24) is 4.31 Å². The van der Waals surface area contributed by atoms with Crippen LogP contribution >= 0.6 is 11.6 Å². The topological polar surface area (TPSA) is 55.8 Å². The fourth-order valence-electron chi connectivity index (χ4n) is 3.54. The Morgan fingerprint density at radius 2 is 1.74 bits per heavy atom. The van der Waals surface area contributed by atoms with Gasteiger partial charge in [-0.15, -0.1) is 0 Å². The summed E-state index contributed by atoms with van der Waals surface area (Å²) in [5.74, 6) is 0.887. The highest BCUT2D eigenvalue weighted by molar-refractivity contribution is 7.89. The first kappa shape index (κ1) is 20.0. The smallest absolute Gasteiger partial charge is 0.243 e. The van der Waals surface area contributed by atoms with Crippen LogP contribution < -0.4 is 9.47 Å². The normalized spacial score (nSPS) is 18.7. The Morgan fingerprint density at radius 1 is 1.00 bits per heavy atom. The molecular weight excluding hydrogens is 386 g/mol. The second-order valence-corrected chi connectivity index (χ2v) is 8.82. The molecule has 1 fully saturated rings. The molecule has 2 aromatic carbocycles. The van der Waals surface area contributed by atoms with Crippen LogP contribution in [0, 0.1) is 0 Å². The summed E-state index contributed by atoms with van der Waals surface area (Å²) in [7, 11) is -0.703. The Kier molecular flexibility index (Phi) is 6.29. The van der Waals surface area contributed by atoms with Crippen LogP contribution in [0.2, 0.25) is 5.02 Å². The van der Waals surface area contributed by atoms with Crippen molar-refractivity contribution in [3.8, 4) is 11.5 Å². The van der Waals surface area contributed by atoms with Gasteiger partial charge in [-0.05, 0) is 36.6 Å². The molecule has 0 aliphatic carbocycles. The zero-order valence-corrected chi connectivity index (χ0v) is 17.1. The molecule has 1 atom stereocenters. The van der Waals surface area contributed by atoms with E-state index in [-0.39, 0.29) is 10.9 Å². The molecule has 5 nitrogen and oxygen atoms in total. The summed E-state index contributed by atoms with van der Waals surface area (Å²) in [5.41, 5.74) is 0.852. The first-order valence-electron chi connectivity index (χ1n) is 8.97. The third-order valence-electron chi connectivity index (χ3n) is 4.93. The van der Waals surface area contributed by atoms with Gasteiger partial charge in [0.2, 0.25) is 10.0 Å². The number of ether oxygens (including phenoxy) is 2. The van der Waals surface area contributed by atoms with Crippen molar-refractivity contribution >= 4 is 21.6 Å². The van der Waals surface area contributed by atoms with Crippen molar-refractivity contribution in [3.63, 3.8) is 0 Å². The minimum absolute atomic E-state index is 0.194. The summed E-state index contributed by atoms with van der Waals surface area (Å²) in [6, 6.07) is 11.9. The van der Waals surface area contributed by atoms with Crippen LogP contribution in [-0.2, 0) is 10.0 Å². The highest BCUT2D eigenvalue weighted by Gasteiger charge is 2.34. The fourth-order valence-corrected chi connectivity index (χ4v) is 5.49. The molecule has 0 saturated carbocycles. The standard InChI is InChI=1S/C20H24ClNO4S/c1-25-19-12-11-15(14-20(19)26-2)27(23,24)22-13-7-3-4-10-18(22)16-8-5-6-9-17(16)21/h5-6,8-9,11-12,14,18H,3-4,7,10,13H2,1-2H3/t18-/m0/s1. The molecule has 0 bridgehead atoms. The van der Waals surface area contributed by atoms with Crippen molar-refractivity contribution in [3.05, 3.63) is 53.1 Å². The van der Waals surface area contributed by atoms with Gasteiger partial charge in [-0.25, -0.2) is 8.42 Å². The lowest BCUT2D eigenvalue weighted by atomic mass is 10.0. The zero-order chi connectivity index (χ0) is 19.4. The molecule has 0 unspecified atom stereocenters. The Balaban J connectivity index is 2.05. The van der Waals surface area contributed by atoms with E-state index in [2.05, 4.69) is 0 Å². The van der Waals surface area contributed by atoms with Crippen LogP contribution in [0.1, 0.15) is 37.3 Å². The van der Waals surface area contributed by atoms with E-state index in [0.717, 1.165) is 31.2 Å². The Labute approximate surface area is 165 Å². The van der Waals surface area contributed by atoms with Crippen LogP contribution in [0.3, 0.4) is 0 Å². The predicted octanol–water partition coefficient (Wildman–Crippen LogP) is 4.66. The second kappa shape index (κ2) is 8.50. The van der Waals surface area contributed by atoms with Gasteiger partial charge in [-0.3, -0.25) is 0 Å². The summed E-state index contributed by atoms with van der Waals surface area (Å²) in [6.07, 6.45) is 3.54. The van der Waals surface area contributed by atoms with Crippen LogP contribution in [0.25, 0.3) is 0 Å². The van der Waals surface area contributed by atoms with Gasteiger partial charge in [0, 0.05) is 17.6 Å². The molecule has 1 heterocycles. The number of benzene rings is 2. The van der Waals surface area contributed by atoms with Crippen molar-refractivity contribution in [2.24, 2.45) is 0 Å². The first-order chi connectivity index (χ1) is 13.0. The van der Waals surface area contributed by atoms with Crippen molar-refractivity contribution in [2.75, 3.05) is 20.8 Å². The van der Waals surface area contributed by atoms with Gasteiger partial charge < -0.3 is 9.47 Å². The van der Waals surface area contributed by atoms with Crippen molar-refractivity contribution < 1.29 is 17.9 Å². The number of methoxy groups -OCH3 is 2. The highest BCUT2D eigenvalue weighted by atomic mass is 35.5. The molecule has 0 N–H and O–H groups in total. The third kappa shape index (κ3) is 4.08. The molecule has 0 radical (unpaired) electrons. The molecule has 2 aromatic rings. The van der Waals surface area contributed by atoms with E-state index in [4.69, 9.17) is 21.1 Å². The molecule has 0 aromatic heterocycles. The summed E-state index contributed by atoms with van der Waals surface area (Å²) in [4.78, 5) is 0.194. The lowest BCUT2D eigenvalue weighted by Crippen LogP contribution is -2.35. The minimum atomic E-state index is -3.72. The molecule has 7 heteroatoms. The van der Waals surface area contributed by atoms with Gasteiger partial charge >= 0.3 is 0 Å².